The minimum atomic E-state index is -0.606. The molecule has 2 aromatic rings. The zero-order valence-electron chi connectivity index (χ0n) is 11.0. The molecule has 4 heteroatoms. The van der Waals surface area contributed by atoms with Crippen molar-refractivity contribution in [1.29, 1.82) is 0 Å². The third kappa shape index (κ3) is 3.61. The first kappa shape index (κ1) is 13.7. The second kappa shape index (κ2) is 6.43. The summed E-state index contributed by atoms with van der Waals surface area (Å²) in [6.07, 6.45) is 0. The van der Waals surface area contributed by atoms with Crippen LogP contribution in [0.15, 0.2) is 54.6 Å². The van der Waals surface area contributed by atoms with Gasteiger partial charge in [-0.25, -0.2) is 0 Å². The van der Waals surface area contributed by atoms with Gasteiger partial charge in [0.15, 0.2) is 0 Å². The number of ether oxygens (including phenoxy) is 1. The van der Waals surface area contributed by atoms with Gasteiger partial charge >= 0.3 is 119 Å². The van der Waals surface area contributed by atoms with Gasteiger partial charge in [-0.05, 0) is 0 Å². The molecule has 0 aliphatic heterocycles. The van der Waals surface area contributed by atoms with E-state index in [2.05, 4.69) is 12.1 Å². The van der Waals surface area contributed by atoms with Gasteiger partial charge in [-0.3, -0.25) is 0 Å². The maximum atomic E-state index is 12.3. The van der Waals surface area contributed by atoms with Crippen molar-refractivity contribution in [3.63, 3.8) is 0 Å². The van der Waals surface area contributed by atoms with Gasteiger partial charge in [-0.2, -0.15) is 0 Å². The molecule has 3 nitrogen and oxygen atoms in total. The van der Waals surface area contributed by atoms with E-state index in [1.54, 1.807) is 19.2 Å². The van der Waals surface area contributed by atoms with Gasteiger partial charge in [0.2, 0.25) is 0 Å². The number of hydrogen-bond acceptors (Lipinski definition) is 2. The van der Waals surface area contributed by atoms with E-state index in [-0.39, 0.29) is 5.91 Å². The molecule has 0 saturated carbocycles. The topological polar surface area (TPSA) is 29.5 Å². The number of amides is 1. The van der Waals surface area contributed by atoms with E-state index in [9.17, 15) is 4.79 Å². The van der Waals surface area contributed by atoms with Crippen LogP contribution in [0.1, 0.15) is 10.4 Å². The summed E-state index contributed by atoms with van der Waals surface area (Å²) in [6.45, 7) is 0. The molecule has 2 rings (SSSR count). The van der Waals surface area contributed by atoms with Gasteiger partial charge < -0.3 is 0 Å². The number of methoxy groups -OCH3 is 1. The Balaban J connectivity index is 2.06. The van der Waals surface area contributed by atoms with Crippen molar-refractivity contribution >= 4 is 26.0 Å². The van der Waals surface area contributed by atoms with Gasteiger partial charge in [0.05, 0.1) is 0 Å². The second-order valence-corrected chi connectivity index (χ2v) is 7.16. The Labute approximate surface area is 119 Å². The molecule has 0 saturated heterocycles. The zero-order valence-corrected chi connectivity index (χ0v) is 13.1. The van der Waals surface area contributed by atoms with Crippen LogP contribution >= 0.6 is 0 Å². The number of carbonyl (C=O) groups excluding carboxylic acids is 1. The molecular weight excluding hydrogens is 299 g/mol. The van der Waals surface area contributed by atoms with Crippen molar-refractivity contribution in [3.05, 3.63) is 60.2 Å². The van der Waals surface area contributed by atoms with E-state index in [0.717, 1.165) is 5.75 Å². The first-order valence-corrected chi connectivity index (χ1v) is 7.93. The molecule has 0 atom stereocenters. The first-order valence-electron chi connectivity index (χ1n) is 5.94. The molecule has 0 N–H and O–H groups in total. The molecule has 96 valence electrons. The second-order valence-electron chi connectivity index (χ2n) is 4.07. The molecule has 2 radical (unpaired) electrons. The van der Waals surface area contributed by atoms with Gasteiger partial charge in [-0.15, -0.1) is 0 Å². The van der Waals surface area contributed by atoms with Crippen LogP contribution in [0.3, 0.4) is 0 Å². The predicted octanol–water partition coefficient (Wildman–Crippen LogP) is 1.71. The van der Waals surface area contributed by atoms with Crippen LogP contribution in [0.25, 0.3) is 0 Å². The van der Waals surface area contributed by atoms with Crippen LogP contribution in [0.4, 0.5) is 0 Å². The summed E-state index contributed by atoms with van der Waals surface area (Å²) >= 11 is -0.606. The fraction of sp³-hybridized carbons (Fsp3) is 0.133. The summed E-state index contributed by atoms with van der Waals surface area (Å²) in [5.41, 5.74) is 0.697. The van der Waals surface area contributed by atoms with Crippen molar-refractivity contribution < 1.29 is 9.53 Å². The molecular formula is C15H15GeNO2. The van der Waals surface area contributed by atoms with Gasteiger partial charge in [0.25, 0.3) is 0 Å². The Morgan fingerprint density at radius 2 is 1.68 bits per heavy atom. The molecule has 0 heterocycles. The SMILES string of the molecule is COc1ccc(C(=O)[N](C)[Ge][c]2ccccc2)cc1. The molecule has 0 bridgehead atoms. The van der Waals surface area contributed by atoms with Crippen LogP contribution in [0.5, 0.6) is 5.75 Å². The Hall–Kier alpha value is -1.75. The summed E-state index contributed by atoms with van der Waals surface area (Å²) in [7, 11) is 3.48. The summed E-state index contributed by atoms with van der Waals surface area (Å²) in [4.78, 5) is 12.3. The molecule has 0 unspecified atom stereocenters. The molecule has 2 aromatic carbocycles. The molecule has 0 spiro atoms. The van der Waals surface area contributed by atoms with Gasteiger partial charge in [-0.1, -0.05) is 0 Å². The van der Waals surface area contributed by atoms with Crippen molar-refractivity contribution in [2.45, 2.75) is 0 Å². The average Bonchev–Trinajstić information content (AvgIpc) is 2.47. The molecule has 0 aliphatic rings. The van der Waals surface area contributed by atoms with Gasteiger partial charge in [0, 0.05) is 0 Å². The number of benzene rings is 2. The Bertz CT molecular complexity index is 540. The fourth-order valence-electron chi connectivity index (χ4n) is 1.68. The van der Waals surface area contributed by atoms with E-state index in [0.29, 0.717) is 5.56 Å². The summed E-state index contributed by atoms with van der Waals surface area (Å²) in [5.74, 6) is 0.824. The van der Waals surface area contributed by atoms with Crippen LogP contribution in [-0.2, 0) is 0 Å². The zero-order chi connectivity index (χ0) is 13.7. The van der Waals surface area contributed by atoms with Crippen molar-refractivity contribution in [2.24, 2.45) is 0 Å². The first-order chi connectivity index (χ1) is 9.20. The molecule has 0 fully saturated rings. The Morgan fingerprint density at radius 1 is 1.05 bits per heavy atom. The maximum absolute atomic E-state index is 12.3. The van der Waals surface area contributed by atoms with E-state index >= 15 is 0 Å². The number of hydrogen-bond donors (Lipinski definition) is 0. The van der Waals surface area contributed by atoms with Crippen LogP contribution in [-0.4, -0.2) is 39.6 Å². The van der Waals surface area contributed by atoms with E-state index in [4.69, 9.17) is 4.74 Å². The summed E-state index contributed by atoms with van der Waals surface area (Å²) < 4.78 is 8.16. The molecule has 1 amide bonds. The number of rotatable bonds is 4. The van der Waals surface area contributed by atoms with Gasteiger partial charge in [0.1, 0.15) is 0 Å². The standard InChI is InChI=1S/C15H15GeNO2/c1-17(16-13-6-4-3-5-7-13)15(18)12-8-10-14(19-2)11-9-12/h3-11H,1-2H3. The number of nitrogens with zero attached hydrogens (tertiary/aromatic N) is 1. The summed E-state index contributed by atoms with van der Waals surface area (Å²) in [6, 6.07) is 17.3. The van der Waals surface area contributed by atoms with E-state index in [1.165, 1.54) is 4.40 Å². The average molecular weight is 314 g/mol. The molecule has 0 aromatic heterocycles. The van der Waals surface area contributed by atoms with Crippen molar-refractivity contribution in [1.82, 2.24) is 3.86 Å². The molecule has 0 aliphatic carbocycles. The third-order valence-corrected chi connectivity index (χ3v) is 5.08. The quantitative estimate of drug-likeness (QED) is 0.804. The van der Waals surface area contributed by atoms with Crippen LogP contribution in [0, 0.1) is 0 Å². The Kier molecular flexibility index (Phi) is 4.63. The van der Waals surface area contributed by atoms with Crippen LogP contribution < -0.4 is 9.13 Å². The number of carbonyl (C=O) groups is 1. The van der Waals surface area contributed by atoms with Crippen LogP contribution in [0.2, 0.25) is 0 Å². The Morgan fingerprint density at radius 3 is 2.26 bits per heavy atom. The van der Waals surface area contributed by atoms with E-state index < -0.39 is 15.7 Å². The minimum absolute atomic E-state index is 0.0616. The monoisotopic (exact) mass is 315 g/mol. The van der Waals surface area contributed by atoms with Crippen molar-refractivity contribution in [3.8, 4) is 5.75 Å². The van der Waals surface area contributed by atoms with Crippen molar-refractivity contribution in [2.75, 3.05) is 14.2 Å². The predicted molar refractivity (Wildman–Crippen MR) is 76.9 cm³/mol. The summed E-state index contributed by atoms with van der Waals surface area (Å²) in [5, 5.41) is 0. The van der Waals surface area contributed by atoms with E-state index in [1.807, 2.05) is 41.2 Å². The fourth-order valence-corrected chi connectivity index (χ4v) is 3.70. The normalized spacial score (nSPS) is 10.0. The third-order valence-electron chi connectivity index (χ3n) is 2.71. The molecule has 19 heavy (non-hydrogen) atoms.